The number of halogens is 1. The van der Waals surface area contributed by atoms with Crippen LogP contribution in [0.3, 0.4) is 0 Å². The largest absolute Gasteiger partial charge is 0.336 e. The lowest BCUT2D eigenvalue weighted by Crippen LogP contribution is -2.38. The SMILES string of the molecule is Cc1cc(C(=O)N(C)C2CCS(=O)(=O)C2)nc(Nc2cccc(Cl)c2)n1. The molecule has 138 valence electrons. The first-order valence-electron chi connectivity index (χ1n) is 8.09. The van der Waals surface area contributed by atoms with Crippen molar-refractivity contribution < 1.29 is 13.2 Å². The number of anilines is 2. The summed E-state index contributed by atoms with van der Waals surface area (Å²) in [5.74, 6) is 0.0573. The van der Waals surface area contributed by atoms with Crippen molar-refractivity contribution in [3.8, 4) is 0 Å². The van der Waals surface area contributed by atoms with Gasteiger partial charge >= 0.3 is 0 Å². The van der Waals surface area contributed by atoms with Crippen molar-refractivity contribution in [3.05, 3.63) is 46.7 Å². The lowest BCUT2D eigenvalue weighted by molar-refractivity contribution is 0.0741. The molecule has 2 aromatic rings. The van der Waals surface area contributed by atoms with Gasteiger partial charge in [-0.2, -0.15) is 0 Å². The number of aryl methyl sites for hydroxylation is 1. The van der Waals surface area contributed by atoms with E-state index in [-0.39, 0.29) is 35.1 Å². The minimum Gasteiger partial charge on any atom is -0.336 e. The summed E-state index contributed by atoms with van der Waals surface area (Å²) >= 11 is 5.97. The summed E-state index contributed by atoms with van der Waals surface area (Å²) in [6, 6.07) is 8.35. The number of benzene rings is 1. The maximum absolute atomic E-state index is 12.7. The molecule has 26 heavy (non-hydrogen) atoms. The third-order valence-corrected chi connectivity index (χ3v) is 6.22. The van der Waals surface area contributed by atoms with Gasteiger partial charge in [-0.25, -0.2) is 18.4 Å². The Labute approximate surface area is 157 Å². The highest BCUT2D eigenvalue weighted by atomic mass is 35.5. The molecule has 9 heteroatoms. The van der Waals surface area contributed by atoms with Gasteiger partial charge in [0.25, 0.3) is 5.91 Å². The van der Waals surface area contributed by atoms with Crippen LogP contribution < -0.4 is 5.32 Å². The molecule has 0 saturated carbocycles. The van der Waals surface area contributed by atoms with Gasteiger partial charge in [-0.15, -0.1) is 0 Å². The van der Waals surface area contributed by atoms with E-state index in [9.17, 15) is 13.2 Å². The molecule has 1 saturated heterocycles. The summed E-state index contributed by atoms with van der Waals surface area (Å²) in [6.45, 7) is 1.77. The molecule has 0 aliphatic carbocycles. The fraction of sp³-hybridized carbons (Fsp3) is 0.353. The smallest absolute Gasteiger partial charge is 0.272 e. The van der Waals surface area contributed by atoms with E-state index in [0.717, 1.165) is 0 Å². The number of hydrogen-bond donors (Lipinski definition) is 1. The van der Waals surface area contributed by atoms with Crippen LogP contribution in [0.15, 0.2) is 30.3 Å². The van der Waals surface area contributed by atoms with Gasteiger partial charge in [0.1, 0.15) is 5.69 Å². The molecule has 1 atom stereocenters. The highest BCUT2D eigenvalue weighted by Crippen LogP contribution is 2.21. The molecule has 2 heterocycles. The molecule has 0 spiro atoms. The standard InChI is InChI=1S/C17H19ClN4O3S/c1-11-8-15(16(23)22(2)14-6-7-26(24,25)10-14)21-17(19-11)20-13-5-3-4-12(18)9-13/h3-5,8-9,14H,6-7,10H2,1-2H3,(H,19,20,21). The van der Waals surface area contributed by atoms with E-state index in [2.05, 4.69) is 15.3 Å². The lowest BCUT2D eigenvalue weighted by atomic mass is 10.2. The zero-order valence-electron chi connectivity index (χ0n) is 14.4. The Kier molecular flexibility index (Phi) is 5.15. The minimum absolute atomic E-state index is 0.00702. The van der Waals surface area contributed by atoms with Gasteiger partial charge in [0.05, 0.1) is 11.5 Å². The van der Waals surface area contributed by atoms with Gasteiger partial charge in [0, 0.05) is 29.5 Å². The van der Waals surface area contributed by atoms with Gasteiger partial charge < -0.3 is 10.2 Å². The topological polar surface area (TPSA) is 92.3 Å². The highest BCUT2D eigenvalue weighted by Gasteiger charge is 2.33. The number of sulfone groups is 1. The molecule has 1 aliphatic heterocycles. The quantitative estimate of drug-likeness (QED) is 0.856. The van der Waals surface area contributed by atoms with Crippen molar-refractivity contribution in [1.29, 1.82) is 0 Å². The van der Waals surface area contributed by atoms with E-state index in [1.807, 2.05) is 6.07 Å². The maximum atomic E-state index is 12.7. The van der Waals surface area contributed by atoms with Crippen LogP contribution in [-0.2, 0) is 9.84 Å². The summed E-state index contributed by atoms with van der Waals surface area (Å²) < 4.78 is 23.3. The Hall–Kier alpha value is -2.19. The second-order valence-corrected chi connectivity index (χ2v) is 8.99. The van der Waals surface area contributed by atoms with Crippen LogP contribution in [0.2, 0.25) is 5.02 Å². The van der Waals surface area contributed by atoms with Crippen molar-refractivity contribution in [2.24, 2.45) is 0 Å². The highest BCUT2D eigenvalue weighted by molar-refractivity contribution is 7.91. The maximum Gasteiger partial charge on any atom is 0.272 e. The Morgan fingerprint density at radius 3 is 2.73 bits per heavy atom. The number of aromatic nitrogens is 2. The number of rotatable bonds is 4. The van der Waals surface area contributed by atoms with Crippen LogP contribution in [0.25, 0.3) is 0 Å². The van der Waals surface area contributed by atoms with E-state index in [1.54, 1.807) is 38.2 Å². The molecule has 1 aliphatic rings. The van der Waals surface area contributed by atoms with Crippen LogP contribution in [0.1, 0.15) is 22.6 Å². The number of amides is 1. The normalized spacial score (nSPS) is 18.5. The van der Waals surface area contributed by atoms with Crippen LogP contribution in [0.4, 0.5) is 11.6 Å². The fourth-order valence-electron chi connectivity index (χ4n) is 2.86. The third kappa shape index (κ3) is 4.31. The van der Waals surface area contributed by atoms with E-state index in [1.165, 1.54) is 4.90 Å². The second-order valence-electron chi connectivity index (χ2n) is 6.33. The summed E-state index contributed by atoms with van der Waals surface area (Å²) in [4.78, 5) is 22.8. The predicted octanol–water partition coefficient (Wildman–Crippen LogP) is 2.44. The van der Waals surface area contributed by atoms with Crippen LogP contribution in [0, 0.1) is 6.92 Å². The first-order chi connectivity index (χ1) is 12.2. The second kappa shape index (κ2) is 7.20. The van der Waals surface area contributed by atoms with Gasteiger partial charge in [-0.3, -0.25) is 4.79 Å². The summed E-state index contributed by atoms with van der Waals surface area (Å²) in [6.07, 6.45) is 0.447. The fourth-order valence-corrected chi connectivity index (χ4v) is 4.82. The molecule has 1 aromatic carbocycles. The van der Waals surface area contributed by atoms with E-state index in [0.29, 0.717) is 22.8 Å². The number of nitrogens with one attached hydrogen (secondary N) is 1. The molecule has 1 N–H and O–H groups in total. The van der Waals surface area contributed by atoms with Crippen molar-refractivity contribution in [1.82, 2.24) is 14.9 Å². The Bertz CT molecular complexity index is 949. The number of hydrogen-bond acceptors (Lipinski definition) is 6. The van der Waals surface area contributed by atoms with Crippen molar-refractivity contribution >= 4 is 39.0 Å². The van der Waals surface area contributed by atoms with Crippen LogP contribution >= 0.6 is 11.6 Å². The first kappa shape index (κ1) is 18.6. The molecule has 7 nitrogen and oxygen atoms in total. The summed E-state index contributed by atoms with van der Waals surface area (Å²) in [5.41, 5.74) is 1.55. The zero-order chi connectivity index (χ0) is 18.9. The van der Waals surface area contributed by atoms with Crippen molar-refractivity contribution in [2.75, 3.05) is 23.9 Å². The lowest BCUT2D eigenvalue weighted by Gasteiger charge is -2.23. The monoisotopic (exact) mass is 394 g/mol. The van der Waals surface area contributed by atoms with E-state index >= 15 is 0 Å². The molecule has 1 aromatic heterocycles. The summed E-state index contributed by atoms with van der Waals surface area (Å²) in [7, 11) is -1.46. The Balaban J connectivity index is 1.81. The molecule has 0 bridgehead atoms. The Morgan fingerprint density at radius 2 is 2.08 bits per heavy atom. The zero-order valence-corrected chi connectivity index (χ0v) is 16.0. The first-order valence-corrected chi connectivity index (χ1v) is 10.3. The molecule has 1 fully saturated rings. The van der Waals surface area contributed by atoms with Crippen LogP contribution in [0.5, 0.6) is 0 Å². The Morgan fingerprint density at radius 1 is 1.31 bits per heavy atom. The van der Waals surface area contributed by atoms with Gasteiger partial charge in [0.2, 0.25) is 5.95 Å². The predicted molar refractivity (Wildman–Crippen MR) is 101 cm³/mol. The molecule has 1 unspecified atom stereocenters. The average molecular weight is 395 g/mol. The third-order valence-electron chi connectivity index (χ3n) is 4.23. The number of carbonyl (C=O) groups excluding carboxylic acids is 1. The number of carbonyl (C=O) groups is 1. The molecular formula is C17H19ClN4O3S. The average Bonchev–Trinajstić information content (AvgIpc) is 2.93. The van der Waals surface area contributed by atoms with Gasteiger partial charge in [0.15, 0.2) is 9.84 Å². The molecule has 3 rings (SSSR count). The molecule has 1 amide bonds. The number of nitrogens with zero attached hydrogens (tertiary/aromatic N) is 3. The van der Waals surface area contributed by atoms with Gasteiger partial charge in [-0.05, 0) is 37.6 Å². The van der Waals surface area contributed by atoms with E-state index < -0.39 is 9.84 Å². The minimum atomic E-state index is -3.07. The van der Waals surface area contributed by atoms with Crippen LogP contribution in [-0.4, -0.2) is 53.8 Å². The molecular weight excluding hydrogens is 376 g/mol. The van der Waals surface area contributed by atoms with E-state index in [4.69, 9.17) is 11.6 Å². The molecule has 0 radical (unpaired) electrons. The van der Waals surface area contributed by atoms with Gasteiger partial charge in [-0.1, -0.05) is 17.7 Å². The van der Waals surface area contributed by atoms with Crippen molar-refractivity contribution in [3.63, 3.8) is 0 Å². The summed E-state index contributed by atoms with van der Waals surface area (Å²) in [5, 5.41) is 3.60. The van der Waals surface area contributed by atoms with Crippen molar-refractivity contribution in [2.45, 2.75) is 19.4 Å².